The van der Waals surface area contributed by atoms with E-state index in [0.717, 1.165) is 30.5 Å². The molecule has 2 aliphatic rings. The fraction of sp³-hybridized carbons (Fsp3) is 0.400. The Morgan fingerprint density at radius 2 is 2.28 bits per heavy atom. The summed E-state index contributed by atoms with van der Waals surface area (Å²) in [5.41, 5.74) is 10.7. The number of aromatic amines is 1. The number of pyridine rings is 1. The summed E-state index contributed by atoms with van der Waals surface area (Å²) >= 11 is 0. The number of allylic oxidation sites excluding steroid dienone is 1. The summed E-state index contributed by atoms with van der Waals surface area (Å²) in [5.74, 6) is 0.395. The standard InChI is InChI=1S/C15H18N2O/c1-3-11-10-6-9(2)8-15(11,16)12-4-5-14(18)17-13(12)7-10/h3-5,10H,2,6-8,16H2,1H3,(H,17,18)/t10-,15+/m0/s1. The number of hydrogen-bond donors (Lipinski definition) is 2. The largest absolute Gasteiger partial charge is 0.326 e. The van der Waals surface area contributed by atoms with Crippen LogP contribution in [0.25, 0.3) is 0 Å². The lowest BCUT2D eigenvalue weighted by Gasteiger charge is -2.47. The van der Waals surface area contributed by atoms with E-state index in [1.807, 2.05) is 6.07 Å². The highest BCUT2D eigenvalue weighted by atomic mass is 16.1. The molecule has 1 heterocycles. The van der Waals surface area contributed by atoms with Crippen LogP contribution in [0.5, 0.6) is 0 Å². The summed E-state index contributed by atoms with van der Waals surface area (Å²) in [6, 6.07) is 3.45. The molecule has 3 N–H and O–H groups in total. The molecule has 1 aromatic heterocycles. The number of aromatic nitrogens is 1. The Kier molecular flexibility index (Phi) is 2.35. The number of fused-ring (bicyclic) bond motifs is 4. The molecule has 2 atom stereocenters. The Labute approximate surface area is 106 Å². The minimum absolute atomic E-state index is 0.0434. The van der Waals surface area contributed by atoms with Crippen molar-refractivity contribution in [3.05, 3.63) is 57.5 Å². The molecule has 1 aromatic rings. The van der Waals surface area contributed by atoms with E-state index in [1.54, 1.807) is 6.07 Å². The van der Waals surface area contributed by atoms with Crippen LogP contribution < -0.4 is 11.3 Å². The topological polar surface area (TPSA) is 58.9 Å². The highest BCUT2D eigenvalue weighted by molar-refractivity contribution is 5.47. The predicted molar refractivity (Wildman–Crippen MR) is 72.3 cm³/mol. The van der Waals surface area contributed by atoms with Crippen LogP contribution in [-0.2, 0) is 12.0 Å². The zero-order chi connectivity index (χ0) is 12.9. The van der Waals surface area contributed by atoms with Gasteiger partial charge in [0, 0.05) is 11.8 Å². The van der Waals surface area contributed by atoms with Crippen molar-refractivity contribution in [1.29, 1.82) is 0 Å². The van der Waals surface area contributed by atoms with Crippen LogP contribution in [-0.4, -0.2) is 4.98 Å². The van der Waals surface area contributed by atoms with Crippen molar-refractivity contribution < 1.29 is 0 Å². The van der Waals surface area contributed by atoms with E-state index in [2.05, 4.69) is 24.6 Å². The molecule has 3 heteroatoms. The second kappa shape index (κ2) is 3.69. The summed E-state index contributed by atoms with van der Waals surface area (Å²) in [5, 5.41) is 0. The number of nitrogens with two attached hydrogens (primary N) is 1. The summed E-state index contributed by atoms with van der Waals surface area (Å²) in [6.07, 6.45) is 4.77. The van der Waals surface area contributed by atoms with Gasteiger partial charge in [-0.1, -0.05) is 18.2 Å². The van der Waals surface area contributed by atoms with Crippen LogP contribution in [0.4, 0.5) is 0 Å². The maximum Gasteiger partial charge on any atom is 0.248 e. The van der Waals surface area contributed by atoms with E-state index in [9.17, 15) is 4.79 Å². The molecule has 0 aliphatic heterocycles. The molecule has 3 rings (SSSR count). The Morgan fingerprint density at radius 1 is 1.50 bits per heavy atom. The van der Waals surface area contributed by atoms with Gasteiger partial charge in [-0.25, -0.2) is 0 Å². The Morgan fingerprint density at radius 3 is 3.00 bits per heavy atom. The summed E-state index contributed by atoms with van der Waals surface area (Å²) in [4.78, 5) is 14.4. The molecule has 2 bridgehead atoms. The number of nitrogens with one attached hydrogen (secondary N) is 1. The van der Waals surface area contributed by atoms with E-state index < -0.39 is 5.54 Å². The molecule has 0 unspecified atom stereocenters. The molecule has 0 spiro atoms. The first-order valence-electron chi connectivity index (χ1n) is 6.39. The van der Waals surface area contributed by atoms with Gasteiger partial charge < -0.3 is 10.7 Å². The molecule has 1 fully saturated rings. The van der Waals surface area contributed by atoms with Gasteiger partial charge in [-0.3, -0.25) is 4.79 Å². The Balaban J connectivity index is 2.26. The zero-order valence-electron chi connectivity index (χ0n) is 10.6. The zero-order valence-corrected chi connectivity index (χ0v) is 10.6. The maximum atomic E-state index is 11.5. The third-order valence-corrected chi connectivity index (χ3v) is 4.26. The maximum absolute atomic E-state index is 11.5. The van der Waals surface area contributed by atoms with E-state index in [4.69, 9.17) is 5.73 Å². The first kappa shape index (κ1) is 11.5. The van der Waals surface area contributed by atoms with Gasteiger partial charge in [0.2, 0.25) is 5.56 Å². The molecular formula is C15H18N2O. The van der Waals surface area contributed by atoms with Crippen molar-refractivity contribution in [2.45, 2.75) is 31.7 Å². The predicted octanol–water partition coefficient (Wildman–Crippen LogP) is 2.00. The average molecular weight is 242 g/mol. The molecule has 94 valence electrons. The number of H-pyrrole nitrogens is 1. The van der Waals surface area contributed by atoms with Gasteiger partial charge in [0.1, 0.15) is 0 Å². The highest BCUT2D eigenvalue weighted by Gasteiger charge is 2.45. The molecular weight excluding hydrogens is 224 g/mol. The van der Waals surface area contributed by atoms with Gasteiger partial charge in [0.05, 0.1) is 5.54 Å². The fourth-order valence-corrected chi connectivity index (χ4v) is 3.66. The summed E-state index contributed by atoms with van der Waals surface area (Å²) in [6.45, 7) is 6.17. The average Bonchev–Trinajstić information content (AvgIpc) is 2.26. The molecule has 0 amide bonds. The van der Waals surface area contributed by atoms with Crippen molar-refractivity contribution >= 4 is 0 Å². The second-order valence-electron chi connectivity index (χ2n) is 5.46. The van der Waals surface area contributed by atoms with Gasteiger partial charge in [-0.15, -0.1) is 0 Å². The SMILES string of the molecule is C=C1C[C@H]2Cc3[nH]c(=O)ccc3[C@@](N)(C1)C2=CC. The second-order valence-corrected chi connectivity index (χ2v) is 5.46. The first-order chi connectivity index (χ1) is 8.54. The lowest BCUT2D eigenvalue weighted by Crippen LogP contribution is -2.49. The van der Waals surface area contributed by atoms with E-state index in [1.165, 1.54) is 11.1 Å². The van der Waals surface area contributed by atoms with Gasteiger partial charge in [0.25, 0.3) is 0 Å². The van der Waals surface area contributed by atoms with Crippen LogP contribution in [0.15, 0.2) is 40.7 Å². The molecule has 0 saturated heterocycles. The molecule has 0 radical (unpaired) electrons. The molecule has 18 heavy (non-hydrogen) atoms. The van der Waals surface area contributed by atoms with Crippen LogP contribution in [0.2, 0.25) is 0 Å². The van der Waals surface area contributed by atoms with E-state index >= 15 is 0 Å². The normalized spacial score (nSPS) is 32.4. The van der Waals surface area contributed by atoms with E-state index in [-0.39, 0.29) is 5.56 Å². The minimum Gasteiger partial charge on any atom is -0.326 e. The van der Waals surface area contributed by atoms with Gasteiger partial charge in [0.15, 0.2) is 0 Å². The quantitative estimate of drug-likeness (QED) is 0.684. The molecule has 3 nitrogen and oxygen atoms in total. The van der Waals surface area contributed by atoms with Crippen molar-refractivity contribution in [2.24, 2.45) is 11.7 Å². The summed E-state index contributed by atoms with van der Waals surface area (Å²) < 4.78 is 0. The molecule has 0 aromatic carbocycles. The first-order valence-corrected chi connectivity index (χ1v) is 6.39. The number of hydrogen-bond acceptors (Lipinski definition) is 2. The van der Waals surface area contributed by atoms with Crippen LogP contribution in [0.1, 0.15) is 31.0 Å². The summed E-state index contributed by atoms with van der Waals surface area (Å²) in [7, 11) is 0. The molecule has 1 saturated carbocycles. The lowest BCUT2D eigenvalue weighted by atomic mass is 9.61. The molecule has 2 aliphatic carbocycles. The fourth-order valence-electron chi connectivity index (χ4n) is 3.66. The van der Waals surface area contributed by atoms with Crippen LogP contribution in [0, 0.1) is 5.92 Å². The third kappa shape index (κ3) is 1.44. The highest BCUT2D eigenvalue weighted by Crippen LogP contribution is 2.49. The van der Waals surface area contributed by atoms with Crippen LogP contribution in [0.3, 0.4) is 0 Å². The Hall–Kier alpha value is -1.61. The van der Waals surface area contributed by atoms with Crippen molar-refractivity contribution in [1.82, 2.24) is 4.98 Å². The minimum atomic E-state index is -0.466. The van der Waals surface area contributed by atoms with Crippen molar-refractivity contribution in [2.75, 3.05) is 0 Å². The third-order valence-electron chi connectivity index (χ3n) is 4.26. The van der Waals surface area contributed by atoms with E-state index in [0.29, 0.717) is 5.92 Å². The lowest BCUT2D eigenvalue weighted by molar-refractivity contribution is 0.350. The van der Waals surface area contributed by atoms with Gasteiger partial charge in [-0.2, -0.15) is 0 Å². The van der Waals surface area contributed by atoms with Crippen LogP contribution >= 0.6 is 0 Å². The van der Waals surface area contributed by atoms with Gasteiger partial charge in [-0.05, 0) is 49.3 Å². The van der Waals surface area contributed by atoms with Crippen molar-refractivity contribution in [3.8, 4) is 0 Å². The van der Waals surface area contributed by atoms with Gasteiger partial charge >= 0.3 is 0 Å². The smallest absolute Gasteiger partial charge is 0.248 e. The number of rotatable bonds is 0. The van der Waals surface area contributed by atoms with Crippen molar-refractivity contribution in [3.63, 3.8) is 0 Å². The monoisotopic (exact) mass is 242 g/mol. The Bertz CT molecular complexity index is 611.